The van der Waals surface area contributed by atoms with Crippen LogP contribution in [-0.4, -0.2) is 27.2 Å². The second-order valence-electron chi connectivity index (χ2n) is 7.31. The van der Waals surface area contributed by atoms with Gasteiger partial charge in [0, 0.05) is 5.69 Å². The first-order valence-corrected chi connectivity index (χ1v) is 9.83. The first-order chi connectivity index (χ1) is 14.6. The summed E-state index contributed by atoms with van der Waals surface area (Å²) in [4.78, 5) is 15.3. The van der Waals surface area contributed by atoms with Gasteiger partial charge < -0.3 is 19.1 Å². The molecule has 0 radical (unpaired) electrons. The van der Waals surface area contributed by atoms with E-state index in [2.05, 4.69) is 0 Å². The molecule has 0 fully saturated rings. The lowest BCUT2D eigenvalue weighted by atomic mass is 9.86. The van der Waals surface area contributed by atoms with Crippen LogP contribution in [0.15, 0.2) is 60.7 Å². The van der Waals surface area contributed by atoms with E-state index in [9.17, 15) is 4.79 Å². The highest BCUT2D eigenvalue weighted by molar-refractivity contribution is 5.99. The van der Waals surface area contributed by atoms with Crippen LogP contribution in [0.4, 0.5) is 5.69 Å². The van der Waals surface area contributed by atoms with Crippen molar-refractivity contribution in [2.45, 2.75) is 19.4 Å². The van der Waals surface area contributed by atoms with Crippen molar-refractivity contribution in [3.05, 3.63) is 82.9 Å². The maximum absolute atomic E-state index is 13.4. The van der Waals surface area contributed by atoms with E-state index in [1.807, 2.05) is 72.5 Å². The molecule has 0 N–H and O–H groups in total. The Labute approximate surface area is 176 Å². The lowest BCUT2D eigenvalue weighted by Gasteiger charge is -2.38. The molecule has 1 aliphatic rings. The molecular weight excluding hydrogens is 378 g/mol. The molecule has 30 heavy (non-hydrogen) atoms. The number of anilines is 1. The van der Waals surface area contributed by atoms with Crippen LogP contribution in [0.3, 0.4) is 0 Å². The molecule has 5 heteroatoms. The Morgan fingerprint density at radius 1 is 0.867 bits per heavy atom. The summed E-state index contributed by atoms with van der Waals surface area (Å²) in [5.41, 5.74) is 4.93. The van der Waals surface area contributed by atoms with Crippen molar-refractivity contribution in [2.75, 3.05) is 26.2 Å². The van der Waals surface area contributed by atoms with Gasteiger partial charge in [0.2, 0.25) is 5.91 Å². The average molecular weight is 403 g/mol. The van der Waals surface area contributed by atoms with E-state index < -0.39 is 0 Å². The van der Waals surface area contributed by atoms with Gasteiger partial charge in [-0.25, -0.2) is 0 Å². The Morgan fingerprint density at radius 2 is 1.53 bits per heavy atom. The van der Waals surface area contributed by atoms with Crippen molar-refractivity contribution < 1.29 is 19.0 Å². The first kappa shape index (κ1) is 19.8. The van der Waals surface area contributed by atoms with E-state index in [-0.39, 0.29) is 11.9 Å². The molecule has 0 aliphatic carbocycles. The minimum atomic E-state index is -0.284. The standard InChI is InChI=1S/C25H25NO4/c1-16-7-5-6-8-21(16)26-24(27)14-18-13-22(29-3)23(30-4)15-20(18)25(26)17-9-11-19(28-2)12-10-17/h5-13,15,25H,14H2,1-4H3. The lowest BCUT2D eigenvalue weighted by molar-refractivity contribution is -0.118. The smallest absolute Gasteiger partial charge is 0.232 e. The largest absolute Gasteiger partial charge is 0.497 e. The minimum Gasteiger partial charge on any atom is -0.497 e. The lowest BCUT2D eigenvalue weighted by Crippen LogP contribution is -2.41. The number of hydrogen-bond donors (Lipinski definition) is 0. The number of hydrogen-bond acceptors (Lipinski definition) is 4. The molecule has 0 saturated carbocycles. The predicted molar refractivity (Wildman–Crippen MR) is 117 cm³/mol. The number of aryl methyl sites for hydroxylation is 1. The van der Waals surface area contributed by atoms with Gasteiger partial charge in [0.1, 0.15) is 5.75 Å². The summed E-state index contributed by atoms with van der Waals surface area (Å²) in [7, 11) is 4.88. The number of ether oxygens (including phenoxy) is 3. The molecule has 1 aliphatic heterocycles. The SMILES string of the molecule is COc1ccc(C2c3cc(OC)c(OC)cc3CC(=O)N2c2ccccc2C)cc1. The summed E-state index contributed by atoms with van der Waals surface area (Å²) in [5, 5.41) is 0. The molecule has 3 aromatic carbocycles. The quantitative estimate of drug-likeness (QED) is 0.620. The van der Waals surface area contributed by atoms with Crippen LogP contribution in [0, 0.1) is 6.92 Å². The van der Waals surface area contributed by atoms with Gasteiger partial charge in [-0.15, -0.1) is 0 Å². The van der Waals surface area contributed by atoms with Crippen molar-refractivity contribution in [1.29, 1.82) is 0 Å². The van der Waals surface area contributed by atoms with E-state index in [0.717, 1.165) is 33.7 Å². The van der Waals surface area contributed by atoms with Gasteiger partial charge in [-0.2, -0.15) is 0 Å². The zero-order valence-corrected chi connectivity index (χ0v) is 17.6. The van der Waals surface area contributed by atoms with Crippen molar-refractivity contribution in [3.8, 4) is 17.2 Å². The Kier molecular flexibility index (Phi) is 5.36. The number of carbonyl (C=O) groups is 1. The summed E-state index contributed by atoms with van der Waals surface area (Å²) in [6, 6.07) is 19.4. The maximum Gasteiger partial charge on any atom is 0.232 e. The molecule has 154 valence electrons. The normalized spacial score (nSPS) is 15.5. The number of benzene rings is 3. The topological polar surface area (TPSA) is 48.0 Å². The van der Waals surface area contributed by atoms with Gasteiger partial charge in [0.25, 0.3) is 0 Å². The molecule has 1 atom stereocenters. The minimum absolute atomic E-state index is 0.0461. The van der Waals surface area contributed by atoms with E-state index >= 15 is 0 Å². The van der Waals surface area contributed by atoms with Crippen molar-refractivity contribution >= 4 is 11.6 Å². The fourth-order valence-electron chi connectivity index (χ4n) is 4.10. The number of para-hydroxylation sites is 1. The Morgan fingerprint density at radius 3 is 2.17 bits per heavy atom. The summed E-state index contributed by atoms with van der Waals surface area (Å²) in [5.74, 6) is 2.09. The third kappa shape index (κ3) is 3.36. The van der Waals surface area contributed by atoms with Crippen molar-refractivity contribution in [2.24, 2.45) is 0 Å². The zero-order chi connectivity index (χ0) is 21.3. The second-order valence-corrected chi connectivity index (χ2v) is 7.31. The van der Waals surface area contributed by atoms with Crippen LogP contribution in [-0.2, 0) is 11.2 Å². The monoisotopic (exact) mass is 403 g/mol. The molecule has 0 bridgehead atoms. The van der Waals surface area contributed by atoms with Gasteiger partial charge in [0.05, 0.1) is 33.8 Å². The third-order valence-electron chi connectivity index (χ3n) is 5.62. The molecule has 1 heterocycles. The van der Waals surface area contributed by atoms with Crippen LogP contribution in [0.25, 0.3) is 0 Å². The highest BCUT2D eigenvalue weighted by atomic mass is 16.5. The fraction of sp³-hybridized carbons (Fsp3) is 0.240. The third-order valence-corrected chi connectivity index (χ3v) is 5.62. The first-order valence-electron chi connectivity index (χ1n) is 9.83. The van der Waals surface area contributed by atoms with Crippen LogP contribution in [0.5, 0.6) is 17.2 Å². The maximum atomic E-state index is 13.4. The molecular formula is C25H25NO4. The van der Waals surface area contributed by atoms with E-state index in [1.54, 1.807) is 21.3 Å². The summed E-state index contributed by atoms with van der Waals surface area (Å²) < 4.78 is 16.4. The van der Waals surface area contributed by atoms with Crippen LogP contribution in [0.2, 0.25) is 0 Å². The van der Waals surface area contributed by atoms with Gasteiger partial charge in [-0.05, 0) is 59.5 Å². The highest BCUT2D eigenvalue weighted by Crippen LogP contribution is 2.44. The average Bonchev–Trinajstić information content (AvgIpc) is 2.78. The zero-order valence-electron chi connectivity index (χ0n) is 17.6. The van der Waals surface area contributed by atoms with E-state index in [4.69, 9.17) is 14.2 Å². The van der Waals surface area contributed by atoms with Crippen LogP contribution < -0.4 is 19.1 Å². The molecule has 5 nitrogen and oxygen atoms in total. The molecule has 0 spiro atoms. The predicted octanol–water partition coefficient (Wildman–Crippen LogP) is 4.70. The molecule has 1 unspecified atom stereocenters. The second kappa shape index (κ2) is 8.11. The number of nitrogens with zero attached hydrogens (tertiary/aromatic N) is 1. The number of methoxy groups -OCH3 is 3. The van der Waals surface area contributed by atoms with Gasteiger partial charge in [0.15, 0.2) is 11.5 Å². The Hall–Kier alpha value is -3.47. The van der Waals surface area contributed by atoms with Crippen molar-refractivity contribution in [3.63, 3.8) is 0 Å². The molecule has 1 amide bonds. The molecule has 0 aromatic heterocycles. The molecule has 0 saturated heterocycles. The van der Waals surface area contributed by atoms with Crippen molar-refractivity contribution in [1.82, 2.24) is 0 Å². The fourth-order valence-corrected chi connectivity index (χ4v) is 4.10. The Bertz CT molecular complexity index is 1080. The van der Waals surface area contributed by atoms with Crippen LogP contribution >= 0.6 is 0 Å². The summed E-state index contributed by atoms with van der Waals surface area (Å²) in [6.45, 7) is 2.03. The van der Waals surface area contributed by atoms with Gasteiger partial charge in [-0.1, -0.05) is 30.3 Å². The number of amides is 1. The number of rotatable bonds is 5. The van der Waals surface area contributed by atoms with E-state index in [1.165, 1.54) is 0 Å². The highest BCUT2D eigenvalue weighted by Gasteiger charge is 2.36. The van der Waals surface area contributed by atoms with Gasteiger partial charge >= 0.3 is 0 Å². The summed E-state index contributed by atoms with van der Waals surface area (Å²) >= 11 is 0. The summed E-state index contributed by atoms with van der Waals surface area (Å²) in [6.07, 6.45) is 0.302. The molecule has 3 aromatic rings. The number of carbonyl (C=O) groups excluding carboxylic acids is 1. The van der Waals surface area contributed by atoms with Crippen LogP contribution in [0.1, 0.15) is 28.3 Å². The van der Waals surface area contributed by atoms with E-state index in [0.29, 0.717) is 17.9 Å². The van der Waals surface area contributed by atoms with Gasteiger partial charge in [-0.3, -0.25) is 4.79 Å². The number of fused-ring (bicyclic) bond motifs is 1. The molecule has 4 rings (SSSR count). The Balaban J connectivity index is 1.95.